The molecule has 0 radical (unpaired) electrons. The van der Waals surface area contributed by atoms with E-state index in [0.717, 1.165) is 6.42 Å². The van der Waals surface area contributed by atoms with Gasteiger partial charge in [-0.25, -0.2) is 4.39 Å². The highest BCUT2D eigenvalue weighted by atomic mass is 19.1. The van der Waals surface area contributed by atoms with Gasteiger partial charge in [-0.2, -0.15) is 0 Å². The molecule has 2 rings (SSSR count). The molecule has 3 nitrogen and oxygen atoms in total. The van der Waals surface area contributed by atoms with Crippen LogP contribution in [0.5, 0.6) is 11.5 Å². The minimum absolute atomic E-state index is 0.0165. The second kappa shape index (κ2) is 4.70. The molecule has 1 aromatic rings. The predicted octanol–water partition coefficient (Wildman–Crippen LogP) is 2.05. The number of halogens is 1. The predicted molar refractivity (Wildman–Crippen MR) is 59.5 cm³/mol. The van der Waals surface area contributed by atoms with Crippen LogP contribution in [0.2, 0.25) is 0 Å². The Labute approximate surface area is 94.3 Å². The maximum atomic E-state index is 14.1. The van der Waals surface area contributed by atoms with Crippen LogP contribution < -0.4 is 15.2 Å². The van der Waals surface area contributed by atoms with E-state index in [0.29, 0.717) is 31.1 Å². The zero-order valence-corrected chi connectivity index (χ0v) is 9.33. The Kier molecular flexibility index (Phi) is 3.29. The van der Waals surface area contributed by atoms with E-state index in [2.05, 4.69) is 0 Å². The van der Waals surface area contributed by atoms with Crippen LogP contribution in [-0.4, -0.2) is 19.8 Å². The van der Waals surface area contributed by atoms with Gasteiger partial charge in [-0.1, -0.05) is 13.0 Å². The smallest absolute Gasteiger partial charge is 0.197 e. The first-order valence-corrected chi connectivity index (χ1v) is 5.52. The molecule has 0 spiro atoms. The molecule has 0 aliphatic carbocycles. The van der Waals surface area contributed by atoms with Crippen LogP contribution in [-0.2, 0) is 0 Å². The fraction of sp³-hybridized carbons (Fsp3) is 0.500. The van der Waals surface area contributed by atoms with Crippen molar-refractivity contribution in [3.05, 3.63) is 23.5 Å². The number of rotatable bonds is 2. The van der Waals surface area contributed by atoms with Crippen LogP contribution in [0.25, 0.3) is 0 Å². The summed E-state index contributed by atoms with van der Waals surface area (Å²) < 4.78 is 24.9. The number of fused-ring (bicyclic) bond motifs is 1. The van der Waals surface area contributed by atoms with E-state index in [1.165, 1.54) is 0 Å². The van der Waals surface area contributed by atoms with Crippen LogP contribution >= 0.6 is 0 Å². The lowest BCUT2D eigenvalue weighted by Gasteiger charge is -2.14. The highest BCUT2D eigenvalue weighted by molar-refractivity contribution is 5.46. The quantitative estimate of drug-likeness (QED) is 0.837. The van der Waals surface area contributed by atoms with Gasteiger partial charge in [-0.3, -0.25) is 0 Å². The van der Waals surface area contributed by atoms with Crippen LogP contribution in [0.4, 0.5) is 4.39 Å². The summed E-state index contributed by atoms with van der Waals surface area (Å²) in [7, 11) is 0. The third-order valence-electron chi connectivity index (χ3n) is 2.77. The number of hydrogen-bond acceptors (Lipinski definition) is 3. The average molecular weight is 225 g/mol. The number of ether oxygens (including phenoxy) is 2. The van der Waals surface area contributed by atoms with Gasteiger partial charge in [0.25, 0.3) is 0 Å². The molecule has 0 saturated carbocycles. The summed E-state index contributed by atoms with van der Waals surface area (Å²) in [6.45, 7) is 3.36. The Balaban J connectivity index is 2.41. The van der Waals surface area contributed by atoms with Gasteiger partial charge >= 0.3 is 0 Å². The third kappa shape index (κ3) is 1.97. The molecule has 2 N–H and O–H groups in total. The highest BCUT2D eigenvalue weighted by Crippen LogP contribution is 2.36. The van der Waals surface area contributed by atoms with Crippen molar-refractivity contribution in [2.45, 2.75) is 19.3 Å². The van der Waals surface area contributed by atoms with E-state index in [4.69, 9.17) is 15.2 Å². The normalized spacial score (nSPS) is 16.7. The van der Waals surface area contributed by atoms with Crippen molar-refractivity contribution >= 4 is 0 Å². The topological polar surface area (TPSA) is 44.5 Å². The minimum Gasteiger partial charge on any atom is -0.489 e. The molecular weight excluding hydrogens is 209 g/mol. The molecule has 1 unspecified atom stereocenters. The van der Waals surface area contributed by atoms with Crippen molar-refractivity contribution in [2.24, 2.45) is 5.73 Å². The summed E-state index contributed by atoms with van der Waals surface area (Å²) in [4.78, 5) is 0. The Hall–Kier alpha value is -1.29. The molecule has 0 amide bonds. The van der Waals surface area contributed by atoms with E-state index in [9.17, 15) is 4.39 Å². The molecular formula is C12H16FNO2. The molecule has 0 fully saturated rings. The molecule has 1 atom stereocenters. The average Bonchev–Trinajstić information content (AvgIpc) is 2.54. The monoisotopic (exact) mass is 225 g/mol. The van der Waals surface area contributed by atoms with E-state index >= 15 is 0 Å². The largest absolute Gasteiger partial charge is 0.489 e. The maximum Gasteiger partial charge on any atom is 0.197 e. The standard InChI is InChI=1S/C12H16FNO2/c1-8(7-14)9-3-4-10-12(11(9)13)16-6-2-5-15-10/h3-4,8H,2,5-7,14H2,1H3. The number of hydrogen-bond donors (Lipinski definition) is 1. The molecule has 88 valence electrons. The first kappa shape index (κ1) is 11.2. The zero-order chi connectivity index (χ0) is 11.5. The molecule has 0 saturated heterocycles. The summed E-state index contributed by atoms with van der Waals surface area (Å²) in [5, 5.41) is 0. The van der Waals surface area contributed by atoms with Gasteiger partial charge < -0.3 is 15.2 Å². The summed E-state index contributed by atoms with van der Waals surface area (Å²) in [5.74, 6) is 0.368. The molecule has 0 bridgehead atoms. The molecule has 1 heterocycles. The lowest BCUT2D eigenvalue weighted by atomic mass is 10.00. The van der Waals surface area contributed by atoms with Gasteiger partial charge in [0.15, 0.2) is 17.3 Å². The molecule has 1 aliphatic rings. The van der Waals surface area contributed by atoms with Crippen molar-refractivity contribution in [3.8, 4) is 11.5 Å². The molecule has 16 heavy (non-hydrogen) atoms. The van der Waals surface area contributed by atoms with Gasteiger partial charge in [0.1, 0.15) is 0 Å². The fourth-order valence-electron chi connectivity index (χ4n) is 1.72. The van der Waals surface area contributed by atoms with E-state index < -0.39 is 0 Å². The van der Waals surface area contributed by atoms with Gasteiger partial charge in [0.2, 0.25) is 0 Å². The summed E-state index contributed by atoms with van der Waals surface area (Å²) in [5.41, 5.74) is 6.13. The molecule has 4 heteroatoms. The van der Waals surface area contributed by atoms with Crippen LogP contribution in [0.15, 0.2) is 12.1 Å². The van der Waals surface area contributed by atoms with Crippen LogP contribution in [0, 0.1) is 5.82 Å². The van der Waals surface area contributed by atoms with Crippen LogP contribution in [0.1, 0.15) is 24.8 Å². The van der Waals surface area contributed by atoms with Crippen molar-refractivity contribution < 1.29 is 13.9 Å². The van der Waals surface area contributed by atoms with Crippen molar-refractivity contribution in [2.75, 3.05) is 19.8 Å². The Morgan fingerprint density at radius 3 is 2.88 bits per heavy atom. The summed E-state index contributed by atoms with van der Waals surface area (Å²) in [6.07, 6.45) is 0.774. The van der Waals surface area contributed by atoms with Crippen molar-refractivity contribution in [1.82, 2.24) is 0 Å². The minimum atomic E-state index is -0.336. The van der Waals surface area contributed by atoms with Gasteiger partial charge in [-0.15, -0.1) is 0 Å². The first-order valence-electron chi connectivity index (χ1n) is 5.52. The van der Waals surface area contributed by atoms with Gasteiger partial charge in [-0.05, 0) is 24.1 Å². The second-order valence-corrected chi connectivity index (χ2v) is 3.98. The van der Waals surface area contributed by atoms with Crippen molar-refractivity contribution in [3.63, 3.8) is 0 Å². The first-order chi connectivity index (χ1) is 7.74. The van der Waals surface area contributed by atoms with E-state index in [-0.39, 0.29) is 17.5 Å². The zero-order valence-electron chi connectivity index (χ0n) is 9.33. The van der Waals surface area contributed by atoms with Gasteiger partial charge in [0.05, 0.1) is 13.2 Å². The Bertz CT molecular complexity index is 382. The lowest BCUT2D eigenvalue weighted by Crippen LogP contribution is -2.11. The Morgan fingerprint density at radius 2 is 2.12 bits per heavy atom. The second-order valence-electron chi connectivity index (χ2n) is 3.98. The van der Waals surface area contributed by atoms with Gasteiger partial charge in [0, 0.05) is 6.42 Å². The van der Waals surface area contributed by atoms with E-state index in [1.54, 1.807) is 12.1 Å². The fourth-order valence-corrected chi connectivity index (χ4v) is 1.72. The maximum absolute atomic E-state index is 14.1. The third-order valence-corrected chi connectivity index (χ3v) is 2.77. The van der Waals surface area contributed by atoms with Crippen molar-refractivity contribution in [1.29, 1.82) is 0 Å². The SMILES string of the molecule is CC(CN)c1ccc2c(c1F)OCCCO2. The Morgan fingerprint density at radius 1 is 1.38 bits per heavy atom. The summed E-state index contributed by atoms with van der Waals surface area (Å²) in [6, 6.07) is 3.48. The summed E-state index contributed by atoms with van der Waals surface area (Å²) >= 11 is 0. The molecule has 0 aromatic heterocycles. The lowest BCUT2D eigenvalue weighted by molar-refractivity contribution is 0.291. The number of nitrogens with two attached hydrogens (primary N) is 1. The molecule has 1 aromatic carbocycles. The molecule has 1 aliphatic heterocycles. The van der Waals surface area contributed by atoms with E-state index in [1.807, 2.05) is 6.92 Å². The highest BCUT2D eigenvalue weighted by Gasteiger charge is 2.20. The number of benzene rings is 1. The van der Waals surface area contributed by atoms with Crippen LogP contribution in [0.3, 0.4) is 0 Å².